The van der Waals surface area contributed by atoms with Crippen LogP contribution >= 0.6 is 0 Å². The summed E-state index contributed by atoms with van der Waals surface area (Å²) in [7, 11) is 3.73. The van der Waals surface area contributed by atoms with E-state index in [9.17, 15) is 14.7 Å². The molecule has 0 spiro atoms. The van der Waals surface area contributed by atoms with Crippen molar-refractivity contribution < 1.29 is 15.0 Å². The fraction of sp³-hybridized carbons (Fsp3) is 0.364. The van der Waals surface area contributed by atoms with Crippen molar-refractivity contribution >= 4 is 17.0 Å². The number of nitrogens with zero attached hydrogens (tertiary/aromatic N) is 3. The Hall–Kier alpha value is -2.35. The Balaban J connectivity index is 2.64. The third-order valence-electron chi connectivity index (χ3n) is 2.68. The van der Waals surface area contributed by atoms with Gasteiger partial charge in [-0.1, -0.05) is 0 Å². The fourth-order valence-electron chi connectivity index (χ4n) is 1.79. The van der Waals surface area contributed by atoms with E-state index in [1.165, 1.54) is 4.68 Å². The lowest BCUT2D eigenvalue weighted by Crippen LogP contribution is -2.20. The molecule has 8 heteroatoms. The Morgan fingerprint density at radius 1 is 1.53 bits per heavy atom. The van der Waals surface area contributed by atoms with E-state index in [1.54, 1.807) is 0 Å². The van der Waals surface area contributed by atoms with Crippen LogP contribution in [-0.4, -0.2) is 56.5 Å². The minimum Gasteiger partial charge on any atom is -0.507 e. The molecule has 0 aromatic carbocycles. The topological polar surface area (TPSA) is 111 Å². The van der Waals surface area contributed by atoms with Gasteiger partial charge in [-0.25, -0.2) is 9.48 Å². The van der Waals surface area contributed by atoms with Crippen LogP contribution in [0.5, 0.6) is 5.75 Å². The first-order chi connectivity index (χ1) is 8.90. The summed E-state index contributed by atoms with van der Waals surface area (Å²) in [6, 6.07) is 0.937. The first kappa shape index (κ1) is 13.1. The summed E-state index contributed by atoms with van der Waals surface area (Å²) in [6.45, 7) is 1.02. The summed E-state index contributed by atoms with van der Waals surface area (Å²) in [5.74, 6) is -1.64. The van der Waals surface area contributed by atoms with E-state index in [2.05, 4.69) is 10.1 Å². The van der Waals surface area contributed by atoms with Gasteiger partial charge in [-0.2, -0.15) is 5.10 Å². The second-order valence-corrected chi connectivity index (χ2v) is 4.42. The number of hydrogen-bond donors (Lipinski definition) is 3. The summed E-state index contributed by atoms with van der Waals surface area (Å²) >= 11 is 0. The number of carbonyl (C=O) groups is 1. The summed E-state index contributed by atoms with van der Waals surface area (Å²) < 4.78 is 1.37. The van der Waals surface area contributed by atoms with Crippen molar-refractivity contribution in [2.45, 2.75) is 6.54 Å². The number of aromatic amines is 1. The van der Waals surface area contributed by atoms with Crippen LogP contribution in [0.1, 0.15) is 10.5 Å². The highest BCUT2D eigenvalue weighted by Crippen LogP contribution is 2.24. The molecule has 0 saturated carbocycles. The van der Waals surface area contributed by atoms with Crippen LogP contribution in [0.3, 0.4) is 0 Å². The molecule has 0 amide bonds. The van der Waals surface area contributed by atoms with Gasteiger partial charge in [-0.05, 0) is 14.1 Å². The van der Waals surface area contributed by atoms with Gasteiger partial charge < -0.3 is 20.1 Å². The molecule has 2 aromatic heterocycles. The van der Waals surface area contributed by atoms with E-state index in [0.29, 0.717) is 13.1 Å². The van der Waals surface area contributed by atoms with Crippen molar-refractivity contribution in [1.82, 2.24) is 19.7 Å². The zero-order valence-corrected chi connectivity index (χ0v) is 10.5. The summed E-state index contributed by atoms with van der Waals surface area (Å²) in [5, 5.41) is 22.8. The van der Waals surface area contributed by atoms with E-state index in [0.717, 1.165) is 6.07 Å². The zero-order chi connectivity index (χ0) is 14.2. The molecule has 0 aliphatic carbocycles. The molecule has 102 valence electrons. The van der Waals surface area contributed by atoms with Crippen LogP contribution < -0.4 is 5.56 Å². The van der Waals surface area contributed by atoms with Crippen molar-refractivity contribution in [2.24, 2.45) is 0 Å². The molecule has 0 saturated heterocycles. The molecule has 2 aromatic rings. The van der Waals surface area contributed by atoms with E-state index < -0.39 is 11.5 Å². The number of pyridine rings is 1. The van der Waals surface area contributed by atoms with Crippen LogP contribution in [-0.2, 0) is 6.54 Å². The molecule has 0 unspecified atom stereocenters. The molecule has 0 aliphatic rings. The highest BCUT2D eigenvalue weighted by Gasteiger charge is 2.20. The lowest BCUT2D eigenvalue weighted by Gasteiger charge is -2.09. The van der Waals surface area contributed by atoms with Gasteiger partial charge in [0, 0.05) is 12.6 Å². The molecule has 2 heterocycles. The number of nitrogens with one attached hydrogen (secondary N) is 1. The van der Waals surface area contributed by atoms with Crippen molar-refractivity contribution in [3.63, 3.8) is 0 Å². The third-order valence-corrected chi connectivity index (χ3v) is 2.68. The van der Waals surface area contributed by atoms with Crippen LogP contribution in [0.2, 0.25) is 0 Å². The van der Waals surface area contributed by atoms with Gasteiger partial charge in [0.05, 0.1) is 11.9 Å². The summed E-state index contributed by atoms with van der Waals surface area (Å²) in [6.07, 6.45) is 0. The van der Waals surface area contributed by atoms with Crippen LogP contribution in [0, 0.1) is 0 Å². The molecule has 0 radical (unpaired) electrons. The Morgan fingerprint density at radius 2 is 2.21 bits per heavy atom. The van der Waals surface area contributed by atoms with Gasteiger partial charge in [0.1, 0.15) is 11.4 Å². The summed E-state index contributed by atoms with van der Waals surface area (Å²) in [4.78, 5) is 26.9. The smallest absolute Gasteiger partial charge is 0.357 e. The molecule has 0 fully saturated rings. The molecule has 8 nitrogen and oxygen atoms in total. The molecular formula is C11H14N4O4. The Labute approximate surface area is 107 Å². The molecule has 0 aliphatic heterocycles. The average Bonchev–Trinajstić information content (AvgIpc) is 2.65. The van der Waals surface area contributed by atoms with E-state index >= 15 is 0 Å². The Morgan fingerprint density at radius 3 is 2.79 bits per heavy atom. The highest BCUT2D eigenvalue weighted by atomic mass is 16.4. The third kappa shape index (κ3) is 2.43. The lowest BCUT2D eigenvalue weighted by atomic mass is 10.2. The molecule has 19 heavy (non-hydrogen) atoms. The van der Waals surface area contributed by atoms with Gasteiger partial charge >= 0.3 is 5.97 Å². The molecule has 2 rings (SSSR count). The van der Waals surface area contributed by atoms with Crippen molar-refractivity contribution in [3.05, 3.63) is 22.1 Å². The van der Waals surface area contributed by atoms with Crippen LogP contribution in [0.4, 0.5) is 0 Å². The predicted molar refractivity (Wildman–Crippen MR) is 67.5 cm³/mol. The number of likely N-dealkylation sites (N-methyl/N-ethyl adjacent to an activating group) is 1. The monoisotopic (exact) mass is 266 g/mol. The predicted octanol–water partition coefficient (Wildman–Crippen LogP) is -0.310. The maximum absolute atomic E-state index is 11.4. The average molecular weight is 266 g/mol. The number of rotatable bonds is 4. The maximum Gasteiger partial charge on any atom is 0.357 e. The van der Waals surface area contributed by atoms with Gasteiger partial charge in [0.2, 0.25) is 0 Å². The maximum atomic E-state index is 11.4. The number of aromatic carboxylic acids is 1. The van der Waals surface area contributed by atoms with Gasteiger partial charge in [0.25, 0.3) is 5.56 Å². The minimum atomic E-state index is -1.25. The van der Waals surface area contributed by atoms with Gasteiger partial charge in [0.15, 0.2) is 5.69 Å². The number of aromatic nitrogens is 3. The van der Waals surface area contributed by atoms with Crippen LogP contribution in [0.25, 0.3) is 11.0 Å². The second kappa shape index (κ2) is 4.73. The van der Waals surface area contributed by atoms with Crippen molar-refractivity contribution in [1.29, 1.82) is 0 Å². The molecule has 3 N–H and O–H groups in total. The second-order valence-electron chi connectivity index (χ2n) is 4.42. The number of fused-ring (bicyclic) bond motifs is 1. The highest BCUT2D eigenvalue weighted by molar-refractivity contribution is 6.02. The Bertz CT molecular complexity index is 686. The standard InChI is InChI=1S/C11H14N4O4/c1-14(2)3-4-15-10-8(9(13-15)11(18)19)6(16)5-7(17)12-10/h5H,3-4H2,1-2H3,(H,18,19)(H2,12,16,17). The van der Waals surface area contributed by atoms with E-state index in [-0.39, 0.29) is 22.5 Å². The van der Waals surface area contributed by atoms with Gasteiger partial charge in [-0.15, -0.1) is 0 Å². The SMILES string of the molecule is CN(C)CCn1nc(C(=O)O)c2c(O)cc(=O)[nH]c21. The molecule has 0 bridgehead atoms. The normalized spacial score (nSPS) is 11.3. The molecule has 0 atom stereocenters. The van der Waals surface area contributed by atoms with Crippen molar-refractivity contribution in [2.75, 3.05) is 20.6 Å². The molecular weight excluding hydrogens is 252 g/mol. The lowest BCUT2D eigenvalue weighted by molar-refractivity contribution is 0.0691. The number of hydrogen-bond acceptors (Lipinski definition) is 5. The number of H-pyrrole nitrogens is 1. The first-order valence-corrected chi connectivity index (χ1v) is 5.61. The number of aromatic hydroxyl groups is 1. The van der Waals surface area contributed by atoms with Crippen molar-refractivity contribution in [3.8, 4) is 5.75 Å². The van der Waals surface area contributed by atoms with Crippen LogP contribution in [0.15, 0.2) is 10.9 Å². The number of carboxylic acid groups (broad SMARTS) is 1. The first-order valence-electron chi connectivity index (χ1n) is 5.61. The van der Waals surface area contributed by atoms with E-state index in [1.807, 2.05) is 19.0 Å². The fourth-order valence-corrected chi connectivity index (χ4v) is 1.79. The Kier molecular flexibility index (Phi) is 3.26. The number of carboxylic acids is 1. The quantitative estimate of drug-likeness (QED) is 0.700. The van der Waals surface area contributed by atoms with Gasteiger partial charge in [-0.3, -0.25) is 4.79 Å². The van der Waals surface area contributed by atoms with E-state index in [4.69, 9.17) is 5.11 Å². The zero-order valence-electron chi connectivity index (χ0n) is 10.5. The summed E-state index contributed by atoms with van der Waals surface area (Å²) in [5.41, 5.74) is -0.570. The largest absolute Gasteiger partial charge is 0.507 e. The minimum absolute atomic E-state index is 0.0471.